The van der Waals surface area contributed by atoms with Crippen LogP contribution in [0, 0.1) is 13.8 Å². The fourth-order valence-electron chi connectivity index (χ4n) is 2.88. The number of nitrogens with zero attached hydrogens (tertiary/aromatic N) is 2. The molecule has 0 radical (unpaired) electrons. The number of carbonyl (C=O) groups excluding carboxylic acids is 1. The molecular weight excluding hydrogens is 328 g/mol. The second kappa shape index (κ2) is 8.78. The third-order valence-electron chi connectivity index (χ3n) is 4.72. The summed E-state index contributed by atoms with van der Waals surface area (Å²) < 4.78 is 5.34. The van der Waals surface area contributed by atoms with Crippen LogP contribution in [-0.4, -0.2) is 55.2 Å². The quantitative estimate of drug-likeness (QED) is 0.835. The Morgan fingerprint density at radius 1 is 1.19 bits per heavy atom. The Bertz CT molecular complexity index is 740. The van der Waals surface area contributed by atoms with Gasteiger partial charge in [0, 0.05) is 38.1 Å². The summed E-state index contributed by atoms with van der Waals surface area (Å²) in [5, 5.41) is 6.25. The van der Waals surface area contributed by atoms with Crippen LogP contribution in [0.15, 0.2) is 36.5 Å². The molecule has 1 aromatic carbocycles. The number of aryl methyl sites for hydroxylation is 1. The Kier molecular flexibility index (Phi) is 6.20. The number of carbonyl (C=O) groups is 1. The summed E-state index contributed by atoms with van der Waals surface area (Å²) in [5.41, 5.74) is 3.61. The van der Waals surface area contributed by atoms with E-state index in [2.05, 4.69) is 20.5 Å². The average Bonchev–Trinajstić information content (AvgIpc) is 2.67. The Morgan fingerprint density at radius 3 is 2.73 bits per heavy atom. The molecule has 1 amide bonds. The van der Waals surface area contributed by atoms with Crippen molar-refractivity contribution in [2.24, 2.45) is 0 Å². The van der Waals surface area contributed by atoms with E-state index >= 15 is 0 Å². The van der Waals surface area contributed by atoms with Gasteiger partial charge in [-0.3, -0.25) is 9.69 Å². The number of anilines is 2. The lowest BCUT2D eigenvalue weighted by molar-refractivity contribution is 0.0398. The molecule has 0 unspecified atom stereocenters. The Hall–Kier alpha value is -2.44. The number of amides is 1. The van der Waals surface area contributed by atoms with E-state index in [1.165, 1.54) is 0 Å². The SMILES string of the molecule is Cc1cccc(NC(=O)c2ccc(NCCN3CCOCC3)nc2)c1C. The number of ether oxygens (including phenoxy) is 1. The van der Waals surface area contributed by atoms with Crippen molar-refractivity contribution in [2.75, 3.05) is 50.0 Å². The highest BCUT2D eigenvalue weighted by Crippen LogP contribution is 2.19. The van der Waals surface area contributed by atoms with Gasteiger partial charge in [-0.25, -0.2) is 4.98 Å². The van der Waals surface area contributed by atoms with Gasteiger partial charge in [0.05, 0.1) is 18.8 Å². The number of aromatic nitrogens is 1. The lowest BCUT2D eigenvalue weighted by Gasteiger charge is -2.26. The van der Waals surface area contributed by atoms with Crippen LogP contribution in [0.4, 0.5) is 11.5 Å². The minimum Gasteiger partial charge on any atom is -0.379 e. The number of benzene rings is 1. The molecule has 6 nitrogen and oxygen atoms in total. The standard InChI is InChI=1S/C20H26N4O2/c1-15-4-3-5-18(16(15)2)23-20(25)17-6-7-19(22-14-17)21-8-9-24-10-12-26-13-11-24/h3-7,14H,8-13H2,1-2H3,(H,21,22)(H,23,25). The monoisotopic (exact) mass is 354 g/mol. The van der Waals surface area contributed by atoms with Crippen LogP contribution in [0.2, 0.25) is 0 Å². The zero-order chi connectivity index (χ0) is 18.4. The molecule has 1 fully saturated rings. The molecule has 0 saturated carbocycles. The zero-order valence-electron chi connectivity index (χ0n) is 15.4. The summed E-state index contributed by atoms with van der Waals surface area (Å²) in [5.74, 6) is 0.632. The molecule has 0 aliphatic carbocycles. The molecule has 1 aromatic heterocycles. The molecule has 3 rings (SSSR count). The Labute approximate surface area is 154 Å². The number of hydrogen-bond acceptors (Lipinski definition) is 5. The van der Waals surface area contributed by atoms with Gasteiger partial charge >= 0.3 is 0 Å². The van der Waals surface area contributed by atoms with Gasteiger partial charge in [0.25, 0.3) is 5.91 Å². The average molecular weight is 354 g/mol. The van der Waals surface area contributed by atoms with Crippen LogP contribution in [0.25, 0.3) is 0 Å². The first-order valence-electron chi connectivity index (χ1n) is 9.01. The second-order valence-electron chi connectivity index (χ2n) is 6.51. The predicted octanol–water partition coefficient (Wildman–Crippen LogP) is 2.69. The summed E-state index contributed by atoms with van der Waals surface area (Å²) in [6, 6.07) is 9.53. The van der Waals surface area contributed by atoms with Crippen LogP contribution in [0.1, 0.15) is 21.5 Å². The third kappa shape index (κ3) is 4.80. The molecule has 1 saturated heterocycles. The summed E-state index contributed by atoms with van der Waals surface area (Å²) in [6.07, 6.45) is 1.61. The topological polar surface area (TPSA) is 66.5 Å². The molecule has 2 N–H and O–H groups in total. The van der Waals surface area contributed by atoms with E-state index < -0.39 is 0 Å². The van der Waals surface area contributed by atoms with Crippen molar-refractivity contribution in [1.82, 2.24) is 9.88 Å². The fourth-order valence-corrected chi connectivity index (χ4v) is 2.88. The van der Waals surface area contributed by atoms with Crippen LogP contribution in [-0.2, 0) is 4.74 Å². The van der Waals surface area contributed by atoms with Gasteiger partial charge in [-0.2, -0.15) is 0 Å². The van der Waals surface area contributed by atoms with Gasteiger partial charge in [0.1, 0.15) is 5.82 Å². The lowest BCUT2D eigenvalue weighted by Crippen LogP contribution is -2.39. The van der Waals surface area contributed by atoms with E-state index in [-0.39, 0.29) is 5.91 Å². The van der Waals surface area contributed by atoms with Gasteiger partial charge in [0.15, 0.2) is 0 Å². The zero-order valence-corrected chi connectivity index (χ0v) is 15.4. The van der Waals surface area contributed by atoms with E-state index in [4.69, 9.17) is 4.74 Å². The number of nitrogens with one attached hydrogen (secondary N) is 2. The minimum atomic E-state index is -0.147. The molecule has 26 heavy (non-hydrogen) atoms. The van der Waals surface area contributed by atoms with Gasteiger partial charge in [-0.1, -0.05) is 12.1 Å². The summed E-state index contributed by atoms with van der Waals surface area (Å²) in [4.78, 5) is 19.1. The van der Waals surface area contributed by atoms with Crippen molar-refractivity contribution < 1.29 is 9.53 Å². The molecule has 0 spiro atoms. The molecule has 0 bridgehead atoms. The first kappa shape index (κ1) is 18.4. The second-order valence-corrected chi connectivity index (χ2v) is 6.51. The summed E-state index contributed by atoms with van der Waals surface area (Å²) in [6.45, 7) is 9.39. The van der Waals surface area contributed by atoms with E-state index in [1.54, 1.807) is 12.3 Å². The molecule has 2 aromatic rings. The highest BCUT2D eigenvalue weighted by Gasteiger charge is 2.11. The fraction of sp³-hybridized carbons (Fsp3) is 0.400. The van der Waals surface area contributed by atoms with Crippen molar-refractivity contribution in [3.8, 4) is 0 Å². The number of hydrogen-bond donors (Lipinski definition) is 2. The Balaban J connectivity index is 1.51. The maximum Gasteiger partial charge on any atom is 0.257 e. The highest BCUT2D eigenvalue weighted by atomic mass is 16.5. The molecular formula is C20H26N4O2. The van der Waals surface area contributed by atoms with Crippen molar-refractivity contribution >= 4 is 17.4 Å². The molecule has 1 aliphatic rings. The molecule has 1 aliphatic heterocycles. The van der Waals surface area contributed by atoms with E-state index in [1.807, 2.05) is 38.1 Å². The summed E-state index contributed by atoms with van der Waals surface area (Å²) in [7, 11) is 0. The molecule has 2 heterocycles. The van der Waals surface area contributed by atoms with Crippen LogP contribution in [0.5, 0.6) is 0 Å². The van der Waals surface area contributed by atoms with Crippen molar-refractivity contribution in [1.29, 1.82) is 0 Å². The van der Waals surface area contributed by atoms with E-state index in [0.29, 0.717) is 5.56 Å². The van der Waals surface area contributed by atoms with Crippen molar-refractivity contribution in [3.05, 3.63) is 53.2 Å². The number of pyridine rings is 1. The van der Waals surface area contributed by atoms with Gasteiger partial charge in [-0.05, 0) is 43.2 Å². The van der Waals surface area contributed by atoms with Gasteiger partial charge in [0.2, 0.25) is 0 Å². The van der Waals surface area contributed by atoms with Crippen molar-refractivity contribution in [2.45, 2.75) is 13.8 Å². The maximum atomic E-state index is 12.4. The largest absolute Gasteiger partial charge is 0.379 e. The van der Waals surface area contributed by atoms with Crippen LogP contribution in [0.3, 0.4) is 0 Å². The first-order valence-corrected chi connectivity index (χ1v) is 9.01. The van der Waals surface area contributed by atoms with Crippen LogP contribution >= 0.6 is 0 Å². The van der Waals surface area contributed by atoms with Gasteiger partial charge < -0.3 is 15.4 Å². The third-order valence-corrected chi connectivity index (χ3v) is 4.72. The van der Waals surface area contributed by atoms with Crippen molar-refractivity contribution in [3.63, 3.8) is 0 Å². The lowest BCUT2D eigenvalue weighted by atomic mass is 10.1. The van der Waals surface area contributed by atoms with Gasteiger partial charge in [-0.15, -0.1) is 0 Å². The highest BCUT2D eigenvalue weighted by molar-refractivity contribution is 6.04. The number of rotatable bonds is 6. The minimum absolute atomic E-state index is 0.147. The predicted molar refractivity (Wildman–Crippen MR) is 104 cm³/mol. The molecule has 6 heteroatoms. The summed E-state index contributed by atoms with van der Waals surface area (Å²) >= 11 is 0. The van der Waals surface area contributed by atoms with E-state index in [9.17, 15) is 4.79 Å². The van der Waals surface area contributed by atoms with Crippen LogP contribution < -0.4 is 10.6 Å². The first-order chi connectivity index (χ1) is 12.6. The smallest absolute Gasteiger partial charge is 0.257 e. The maximum absolute atomic E-state index is 12.4. The molecule has 138 valence electrons. The Morgan fingerprint density at radius 2 is 2.00 bits per heavy atom. The normalized spacial score (nSPS) is 14.8. The van der Waals surface area contributed by atoms with E-state index in [0.717, 1.165) is 62.0 Å². The molecule has 0 atom stereocenters. The number of morpholine rings is 1.